The van der Waals surface area contributed by atoms with Crippen molar-refractivity contribution in [2.75, 3.05) is 20.3 Å². The van der Waals surface area contributed by atoms with Gasteiger partial charge >= 0.3 is 0 Å². The first-order valence-electron chi connectivity index (χ1n) is 6.13. The van der Waals surface area contributed by atoms with Crippen molar-refractivity contribution in [3.63, 3.8) is 0 Å². The van der Waals surface area contributed by atoms with E-state index in [1.807, 2.05) is 4.68 Å². The molecule has 0 saturated heterocycles. The lowest BCUT2D eigenvalue weighted by atomic mass is 9.99. The van der Waals surface area contributed by atoms with Crippen LogP contribution in [-0.4, -0.2) is 40.5 Å². The molecule has 1 heterocycles. The zero-order valence-electron chi connectivity index (χ0n) is 10.8. The Bertz CT molecular complexity index is 358. The molecule has 96 valence electrons. The van der Waals surface area contributed by atoms with E-state index in [0.29, 0.717) is 19.1 Å². The summed E-state index contributed by atoms with van der Waals surface area (Å²) in [5.74, 6) is 1.61. The average molecular weight is 239 g/mol. The predicted octanol–water partition coefficient (Wildman–Crippen LogP) is 0.554. The van der Waals surface area contributed by atoms with Gasteiger partial charge in [-0.05, 0) is 43.0 Å². The summed E-state index contributed by atoms with van der Waals surface area (Å²) in [7, 11) is 1.70. The summed E-state index contributed by atoms with van der Waals surface area (Å²) in [6, 6.07) is 0. The average Bonchev–Trinajstić information content (AvgIpc) is 3.05. The molecule has 0 aromatic carbocycles. The molecular formula is C11H21N5O. The number of methoxy groups -OCH3 is 1. The highest BCUT2D eigenvalue weighted by molar-refractivity contribution is 4.96. The molecule has 0 radical (unpaired) electrons. The van der Waals surface area contributed by atoms with Gasteiger partial charge in [-0.25, -0.2) is 4.68 Å². The molecule has 0 atom stereocenters. The summed E-state index contributed by atoms with van der Waals surface area (Å²) in [4.78, 5) is 0. The van der Waals surface area contributed by atoms with Crippen LogP contribution in [0.5, 0.6) is 0 Å². The number of nitrogens with one attached hydrogen (secondary N) is 1. The molecule has 1 aliphatic carbocycles. The zero-order valence-corrected chi connectivity index (χ0v) is 10.8. The summed E-state index contributed by atoms with van der Waals surface area (Å²) < 4.78 is 6.95. The molecule has 6 nitrogen and oxygen atoms in total. The number of nitrogens with zero attached hydrogens (tertiary/aromatic N) is 4. The molecule has 1 aromatic rings. The molecule has 1 N–H and O–H groups in total. The predicted molar refractivity (Wildman–Crippen MR) is 63.4 cm³/mol. The van der Waals surface area contributed by atoms with E-state index in [4.69, 9.17) is 4.74 Å². The van der Waals surface area contributed by atoms with Crippen LogP contribution < -0.4 is 5.32 Å². The third kappa shape index (κ3) is 2.81. The van der Waals surface area contributed by atoms with Gasteiger partial charge in [0.25, 0.3) is 0 Å². The van der Waals surface area contributed by atoms with Crippen LogP contribution in [-0.2, 0) is 16.8 Å². The monoisotopic (exact) mass is 239 g/mol. The van der Waals surface area contributed by atoms with Crippen molar-refractivity contribution in [1.82, 2.24) is 25.5 Å². The first-order chi connectivity index (χ1) is 8.16. The van der Waals surface area contributed by atoms with Crippen molar-refractivity contribution in [1.29, 1.82) is 0 Å². The minimum atomic E-state index is 0.0295. The van der Waals surface area contributed by atoms with Crippen molar-refractivity contribution in [3.8, 4) is 0 Å². The molecule has 0 spiro atoms. The van der Waals surface area contributed by atoms with Gasteiger partial charge in [0.05, 0.1) is 18.7 Å². The normalized spacial score (nSPS) is 16.4. The standard InChI is InChI=1S/C11H21N5O/c1-11(2,9-4-5-9)16-10(13-14-15-16)8-12-6-7-17-3/h9,12H,4-8H2,1-3H3. The van der Waals surface area contributed by atoms with Crippen LogP contribution in [0.4, 0.5) is 0 Å². The summed E-state index contributed by atoms with van der Waals surface area (Å²) in [5, 5.41) is 15.3. The van der Waals surface area contributed by atoms with Gasteiger partial charge in [-0.3, -0.25) is 0 Å². The molecular weight excluding hydrogens is 218 g/mol. The second-order valence-corrected chi connectivity index (χ2v) is 5.10. The Morgan fingerprint density at radius 3 is 2.88 bits per heavy atom. The lowest BCUT2D eigenvalue weighted by Crippen LogP contribution is -2.33. The molecule has 1 fully saturated rings. The zero-order chi connectivity index (χ0) is 12.3. The van der Waals surface area contributed by atoms with Crippen molar-refractivity contribution in [2.45, 2.75) is 38.8 Å². The molecule has 2 rings (SSSR count). The fraction of sp³-hybridized carbons (Fsp3) is 0.909. The van der Waals surface area contributed by atoms with Gasteiger partial charge in [0, 0.05) is 13.7 Å². The number of aromatic nitrogens is 4. The van der Waals surface area contributed by atoms with Crippen LogP contribution in [0, 0.1) is 5.92 Å². The Morgan fingerprint density at radius 1 is 1.47 bits per heavy atom. The molecule has 17 heavy (non-hydrogen) atoms. The lowest BCUT2D eigenvalue weighted by molar-refractivity contribution is 0.197. The van der Waals surface area contributed by atoms with E-state index in [9.17, 15) is 0 Å². The Morgan fingerprint density at radius 2 is 2.24 bits per heavy atom. The maximum Gasteiger partial charge on any atom is 0.165 e. The molecule has 1 aliphatic rings. The summed E-state index contributed by atoms with van der Waals surface area (Å²) in [5.41, 5.74) is 0.0295. The highest BCUT2D eigenvalue weighted by Crippen LogP contribution is 2.43. The first-order valence-corrected chi connectivity index (χ1v) is 6.13. The summed E-state index contributed by atoms with van der Waals surface area (Å²) >= 11 is 0. The van der Waals surface area contributed by atoms with Crippen molar-refractivity contribution >= 4 is 0 Å². The van der Waals surface area contributed by atoms with Crippen LogP contribution in [0.15, 0.2) is 0 Å². The smallest absolute Gasteiger partial charge is 0.165 e. The Labute approximate surface area is 102 Å². The molecule has 0 unspecified atom stereocenters. The van der Waals surface area contributed by atoms with Gasteiger partial charge < -0.3 is 10.1 Å². The second-order valence-electron chi connectivity index (χ2n) is 5.10. The van der Waals surface area contributed by atoms with E-state index in [-0.39, 0.29) is 5.54 Å². The van der Waals surface area contributed by atoms with E-state index in [2.05, 4.69) is 34.7 Å². The van der Waals surface area contributed by atoms with Gasteiger partial charge in [0.2, 0.25) is 0 Å². The third-order valence-corrected chi connectivity index (χ3v) is 3.42. The highest BCUT2D eigenvalue weighted by atomic mass is 16.5. The second kappa shape index (κ2) is 5.10. The largest absolute Gasteiger partial charge is 0.383 e. The third-order valence-electron chi connectivity index (χ3n) is 3.42. The first kappa shape index (κ1) is 12.4. The number of rotatable bonds is 7. The van der Waals surface area contributed by atoms with Crippen LogP contribution in [0.1, 0.15) is 32.5 Å². The van der Waals surface area contributed by atoms with Crippen molar-refractivity contribution < 1.29 is 4.74 Å². The molecule has 6 heteroatoms. The van der Waals surface area contributed by atoms with Crippen LogP contribution >= 0.6 is 0 Å². The van der Waals surface area contributed by atoms with E-state index < -0.39 is 0 Å². The molecule has 1 aromatic heterocycles. The summed E-state index contributed by atoms with van der Waals surface area (Å²) in [6.45, 7) is 6.62. The minimum absolute atomic E-state index is 0.0295. The number of hydrogen-bond acceptors (Lipinski definition) is 5. The minimum Gasteiger partial charge on any atom is -0.383 e. The fourth-order valence-corrected chi connectivity index (χ4v) is 2.10. The number of tetrazole rings is 1. The van der Waals surface area contributed by atoms with E-state index >= 15 is 0 Å². The molecule has 1 saturated carbocycles. The Kier molecular flexibility index (Phi) is 3.73. The number of ether oxygens (including phenoxy) is 1. The van der Waals surface area contributed by atoms with Gasteiger partial charge in [-0.2, -0.15) is 0 Å². The summed E-state index contributed by atoms with van der Waals surface area (Å²) in [6.07, 6.45) is 2.56. The van der Waals surface area contributed by atoms with Gasteiger partial charge in [0.1, 0.15) is 0 Å². The molecule has 0 bridgehead atoms. The fourth-order valence-electron chi connectivity index (χ4n) is 2.10. The number of hydrogen-bond donors (Lipinski definition) is 1. The quantitative estimate of drug-likeness (QED) is 0.704. The maximum atomic E-state index is 4.99. The van der Waals surface area contributed by atoms with Gasteiger partial charge in [-0.15, -0.1) is 5.10 Å². The van der Waals surface area contributed by atoms with Crippen LogP contribution in [0.2, 0.25) is 0 Å². The van der Waals surface area contributed by atoms with Crippen molar-refractivity contribution in [2.24, 2.45) is 5.92 Å². The molecule has 0 aliphatic heterocycles. The Balaban J connectivity index is 1.96. The molecule has 0 amide bonds. The topological polar surface area (TPSA) is 64.9 Å². The van der Waals surface area contributed by atoms with Crippen molar-refractivity contribution in [3.05, 3.63) is 5.82 Å². The Hall–Kier alpha value is -1.01. The van der Waals surface area contributed by atoms with E-state index in [1.54, 1.807) is 7.11 Å². The highest BCUT2D eigenvalue weighted by Gasteiger charge is 2.41. The van der Waals surface area contributed by atoms with E-state index in [1.165, 1.54) is 12.8 Å². The van der Waals surface area contributed by atoms with Gasteiger partial charge in [0.15, 0.2) is 5.82 Å². The maximum absolute atomic E-state index is 4.99. The van der Waals surface area contributed by atoms with Gasteiger partial charge in [-0.1, -0.05) is 0 Å². The van der Waals surface area contributed by atoms with Crippen LogP contribution in [0.3, 0.4) is 0 Å². The lowest BCUT2D eigenvalue weighted by Gasteiger charge is -2.25. The van der Waals surface area contributed by atoms with E-state index in [0.717, 1.165) is 12.4 Å². The SMILES string of the molecule is COCCNCc1nnnn1C(C)(C)C1CC1. The van der Waals surface area contributed by atoms with Crippen LogP contribution in [0.25, 0.3) is 0 Å².